The molecule has 0 spiro atoms. The van der Waals surface area contributed by atoms with Crippen molar-refractivity contribution in [3.63, 3.8) is 0 Å². The predicted molar refractivity (Wildman–Crippen MR) is 114 cm³/mol. The molecule has 2 aromatic carbocycles. The van der Waals surface area contributed by atoms with Crippen molar-refractivity contribution >= 4 is 27.5 Å². The second-order valence-electron chi connectivity index (χ2n) is 6.74. The number of hydrogen-bond acceptors (Lipinski definition) is 7. The topological polar surface area (TPSA) is 103 Å². The van der Waals surface area contributed by atoms with Crippen LogP contribution in [-0.4, -0.2) is 61.8 Å². The minimum atomic E-state index is -4.20. The number of hydrogen-bond donors (Lipinski definition) is 0. The molecule has 1 aliphatic rings. The first-order valence-electron chi connectivity index (χ1n) is 9.56. The van der Waals surface area contributed by atoms with Crippen LogP contribution >= 0.6 is 11.5 Å². The molecule has 0 radical (unpaired) electrons. The van der Waals surface area contributed by atoms with E-state index in [1.165, 1.54) is 4.07 Å². The summed E-state index contributed by atoms with van der Waals surface area (Å²) in [6.45, 7) is 1.50. The largest absolute Gasteiger partial charge is 0.497 e. The number of sulfonamides is 1. The maximum Gasteiger partial charge on any atom is 0.283 e. The molecule has 1 amide bonds. The smallest absolute Gasteiger partial charge is 0.283 e. The second-order valence-corrected chi connectivity index (χ2v) is 9.26. The minimum Gasteiger partial charge on any atom is -0.497 e. The van der Waals surface area contributed by atoms with Gasteiger partial charge >= 0.3 is 0 Å². The third kappa shape index (κ3) is 4.71. The molecule has 168 valence electrons. The van der Waals surface area contributed by atoms with E-state index in [9.17, 15) is 17.6 Å². The monoisotopic (exact) mass is 478 g/mol. The molecular formula is C20H19FN4O5S2. The normalized spacial score (nSPS) is 15.1. The molecular weight excluding hydrogens is 459 g/mol. The van der Waals surface area contributed by atoms with Crippen LogP contribution in [0.1, 0.15) is 10.5 Å². The highest BCUT2D eigenvalue weighted by Crippen LogP contribution is 2.17. The maximum atomic E-state index is 13.2. The van der Waals surface area contributed by atoms with Crippen LogP contribution in [0.4, 0.5) is 4.39 Å². The summed E-state index contributed by atoms with van der Waals surface area (Å²) < 4.78 is 54.5. The van der Waals surface area contributed by atoms with Gasteiger partial charge < -0.3 is 14.4 Å². The third-order valence-electron chi connectivity index (χ3n) is 4.68. The van der Waals surface area contributed by atoms with E-state index in [0.29, 0.717) is 37.7 Å². The molecule has 1 saturated heterocycles. The molecule has 0 N–H and O–H groups in total. The molecule has 0 saturated carbocycles. The van der Waals surface area contributed by atoms with Crippen LogP contribution < -0.4 is 9.41 Å². The fourth-order valence-electron chi connectivity index (χ4n) is 2.98. The van der Waals surface area contributed by atoms with Crippen LogP contribution in [0, 0.1) is 5.82 Å². The summed E-state index contributed by atoms with van der Waals surface area (Å²) in [6, 6.07) is 11.2. The van der Waals surface area contributed by atoms with E-state index in [1.807, 2.05) is 0 Å². The molecule has 4 rings (SSSR count). The summed E-state index contributed by atoms with van der Waals surface area (Å²) >= 11 is 0.909. The molecule has 2 heterocycles. The summed E-state index contributed by atoms with van der Waals surface area (Å²) in [7, 11) is -2.65. The Labute approximate surface area is 187 Å². The molecule has 32 heavy (non-hydrogen) atoms. The van der Waals surface area contributed by atoms with Crippen LogP contribution in [-0.2, 0) is 14.8 Å². The number of amides is 1. The first-order valence-corrected chi connectivity index (χ1v) is 11.8. The van der Waals surface area contributed by atoms with Gasteiger partial charge in [0.2, 0.25) is 0 Å². The summed E-state index contributed by atoms with van der Waals surface area (Å²) in [4.78, 5) is 14.5. The average Bonchev–Trinajstić information content (AvgIpc) is 3.22. The van der Waals surface area contributed by atoms with E-state index in [4.69, 9.17) is 9.47 Å². The average molecular weight is 479 g/mol. The number of halogens is 1. The molecule has 1 aromatic heterocycles. The van der Waals surface area contributed by atoms with Crippen molar-refractivity contribution in [2.24, 2.45) is 4.40 Å². The van der Waals surface area contributed by atoms with Gasteiger partial charge in [-0.3, -0.25) is 4.79 Å². The van der Waals surface area contributed by atoms with Crippen LogP contribution in [0.15, 0.2) is 57.8 Å². The van der Waals surface area contributed by atoms with Crippen molar-refractivity contribution in [1.29, 1.82) is 0 Å². The standard InChI is InChI=1S/C20H19FN4O5S2/c1-29-16-6-4-15(5-7-16)25-22-18(20(26)24-10-12-30-13-11-24)19(31-25)23-32(27,28)17-8-2-14(21)3-9-17/h2-9H,10-13H2,1H3. The summed E-state index contributed by atoms with van der Waals surface area (Å²) in [5.74, 6) is -0.369. The lowest BCUT2D eigenvalue weighted by Crippen LogP contribution is -2.42. The predicted octanol–water partition coefficient (Wildman–Crippen LogP) is 1.84. The van der Waals surface area contributed by atoms with Crippen LogP contribution in [0.3, 0.4) is 0 Å². The molecule has 12 heteroatoms. The van der Waals surface area contributed by atoms with Gasteiger partial charge in [-0.05, 0) is 60.1 Å². The van der Waals surface area contributed by atoms with Crippen molar-refractivity contribution in [3.8, 4) is 11.4 Å². The molecule has 3 aromatic rings. The number of ether oxygens (including phenoxy) is 2. The van der Waals surface area contributed by atoms with Gasteiger partial charge in [-0.25, -0.2) is 4.39 Å². The Morgan fingerprint density at radius 1 is 1.12 bits per heavy atom. The molecule has 1 fully saturated rings. The zero-order valence-corrected chi connectivity index (χ0v) is 18.6. The van der Waals surface area contributed by atoms with E-state index in [-0.39, 0.29) is 15.3 Å². The Bertz CT molecular complexity index is 1280. The number of methoxy groups -OCH3 is 1. The van der Waals surface area contributed by atoms with Gasteiger partial charge in [0, 0.05) is 13.1 Å². The highest BCUT2D eigenvalue weighted by molar-refractivity contribution is 7.90. The summed E-state index contributed by atoms with van der Waals surface area (Å²) in [5.41, 5.74) is 0.519. The first kappa shape index (κ1) is 22.1. The van der Waals surface area contributed by atoms with E-state index in [1.54, 1.807) is 36.3 Å². The Morgan fingerprint density at radius 3 is 2.41 bits per heavy atom. The van der Waals surface area contributed by atoms with E-state index < -0.39 is 21.7 Å². The zero-order chi connectivity index (χ0) is 22.7. The highest BCUT2D eigenvalue weighted by Gasteiger charge is 2.25. The number of nitrogens with zero attached hydrogens (tertiary/aromatic N) is 4. The third-order valence-corrected chi connectivity index (χ3v) is 7.00. The van der Waals surface area contributed by atoms with Crippen molar-refractivity contribution in [2.45, 2.75) is 4.90 Å². The van der Waals surface area contributed by atoms with Gasteiger partial charge in [0.15, 0.2) is 10.4 Å². The number of morpholine rings is 1. The van der Waals surface area contributed by atoms with E-state index in [2.05, 4.69) is 9.50 Å². The van der Waals surface area contributed by atoms with Crippen LogP contribution in [0.25, 0.3) is 5.69 Å². The second kappa shape index (κ2) is 9.18. The van der Waals surface area contributed by atoms with Gasteiger partial charge in [-0.2, -0.15) is 12.5 Å². The van der Waals surface area contributed by atoms with Crippen molar-refractivity contribution < 1.29 is 27.1 Å². The van der Waals surface area contributed by atoms with Crippen LogP contribution in [0.5, 0.6) is 5.75 Å². The van der Waals surface area contributed by atoms with Crippen LogP contribution in [0.2, 0.25) is 0 Å². The van der Waals surface area contributed by atoms with Crippen molar-refractivity contribution in [3.05, 3.63) is 64.7 Å². The van der Waals surface area contributed by atoms with Gasteiger partial charge in [-0.15, -0.1) is 9.50 Å². The molecule has 0 atom stereocenters. The number of aromatic nitrogens is 2. The Balaban J connectivity index is 1.81. The first-order chi connectivity index (χ1) is 15.4. The molecule has 0 bridgehead atoms. The fraction of sp³-hybridized carbons (Fsp3) is 0.250. The number of carbonyl (C=O) groups excluding carboxylic acids is 1. The summed E-state index contributed by atoms with van der Waals surface area (Å²) in [5, 5.41) is 4.35. The number of carbonyl (C=O) groups is 1. The molecule has 0 unspecified atom stereocenters. The van der Waals surface area contributed by atoms with E-state index >= 15 is 0 Å². The maximum absolute atomic E-state index is 13.2. The van der Waals surface area contributed by atoms with Crippen molar-refractivity contribution in [2.75, 3.05) is 33.4 Å². The lowest BCUT2D eigenvalue weighted by atomic mass is 10.3. The van der Waals surface area contributed by atoms with E-state index in [0.717, 1.165) is 35.8 Å². The lowest BCUT2D eigenvalue weighted by Gasteiger charge is -2.25. The van der Waals surface area contributed by atoms with Crippen molar-refractivity contribution in [1.82, 2.24) is 14.1 Å². The number of rotatable bonds is 5. The SMILES string of the molecule is COc1ccc(-n2nc(C(=O)N3CCOCC3)c(=NS(=O)(=O)c3ccc(F)cc3)s2)cc1. The zero-order valence-electron chi connectivity index (χ0n) is 17.0. The van der Waals surface area contributed by atoms with Gasteiger partial charge in [0.1, 0.15) is 11.6 Å². The van der Waals surface area contributed by atoms with Gasteiger partial charge in [-0.1, -0.05) is 0 Å². The summed E-state index contributed by atoms with van der Waals surface area (Å²) in [6.07, 6.45) is 0. The van der Waals surface area contributed by atoms with Gasteiger partial charge in [0.05, 0.1) is 30.9 Å². The van der Waals surface area contributed by atoms with Gasteiger partial charge in [0.25, 0.3) is 15.9 Å². The Kier molecular flexibility index (Phi) is 6.35. The molecule has 9 nitrogen and oxygen atoms in total. The minimum absolute atomic E-state index is 0.0679. The number of benzene rings is 2. The Hall–Kier alpha value is -3.09. The molecule has 0 aliphatic carbocycles. The lowest BCUT2D eigenvalue weighted by molar-refractivity contribution is 0.0298. The Morgan fingerprint density at radius 2 is 1.78 bits per heavy atom. The fourth-order valence-corrected chi connectivity index (χ4v) is 5.02. The highest BCUT2D eigenvalue weighted by atomic mass is 32.2. The quantitative estimate of drug-likeness (QED) is 0.555. The molecule has 1 aliphatic heterocycles.